The van der Waals surface area contributed by atoms with Crippen LogP contribution >= 0.6 is 0 Å². The minimum atomic E-state index is 0.0522. The Bertz CT molecular complexity index is 149. The Morgan fingerprint density at radius 2 is 1.60 bits per heavy atom. The van der Waals surface area contributed by atoms with Crippen molar-refractivity contribution >= 4 is 5.91 Å². The van der Waals surface area contributed by atoms with Gasteiger partial charge in [-0.05, 0) is 13.0 Å². The first-order chi connectivity index (χ1) is 7.27. The summed E-state index contributed by atoms with van der Waals surface area (Å²) in [6, 6.07) is 0. The molecular formula is C12H26N2O. The zero-order chi connectivity index (χ0) is 11.4. The number of carbonyl (C=O) groups excluding carboxylic acids is 1. The molecule has 0 bridgehead atoms. The van der Waals surface area contributed by atoms with Gasteiger partial charge in [0.15, 0.2) is 0 Å². The van der Waals surface area contributed by atoms with Crippen LogP contribution in [0.15, 0.2) is 0 Å². The monoisotopic (exact) mass is 214 g/mol. The number of carbonyl (C=O) groups is 1. The Morgan fingerprint density at radius 1 is 0.933 bits per heavy atom. The van der Waals surface area contributed by atoms with Crippen LogP contribution in [0, 0.1) is 0 Å². The fourth-order valence-electron chi connectivity index (χ4n) is 1.48. The van der Waals surface area contributed by atoms with Gasteiger partial charge in [-0.2, -0.15) is 0 Å². The molecule has 15 heavy (non-hydrogen) atoms. The molecule has 0 heterocycles. The van der Waals surface area contributed by atoms with Crippen molar-refractivity contribution in [3.63, 3.8) is 0 Å². The van der Waals surface area contributed by atoms with Gasteiger partial charge >= 0.3 is 0 Å². The molecule has 0 aromatic heterocycles. The van der Waals surface area contributed by atoms with Crippen LogP contribution < -0.4 is 10.6 Å². The SMILES string of the molecule is CCCCCCCCNCCNC(C)=O. The summed E-state index contributed by atoms with van der Waals surface area (Å²) in [6.45, 7) is 6.49. The van der Waals surface area contributed by atoms with Gasteiger partial charge in [0.1, 0.15) is 0 Å². The molecule has 1 amide bonds. The quantitative estimate of drug-likeness (QED) is 0.547. The first-order valence-corrected chi connectivity index (χ1v) is 6.22. The van der Waals surface area contributed by atoms with Gasteiger partial charge in [-0.25, -0.2) is 0 Å². The van der Waals surface area contributed by atoms with Crippen molar-refractivity contribution in [1.29, 1.82) is 0 Å². The van der Waals surface area contributed by atoms with E-state index in [-0.39, 0.29) is 5.91 Å². The van der Waals surface area contributed by atoms with E-state index >= 15 is 0 Å². The lowest BCUT2D eigenvalue weighted by Crippen LogP contribution is -2.30. The molecule has 0 aliphatic rings. The summed E-state index contributed by atoms with van der Waals surface area (Å²) in [5.74, 6) is 0.0522. The Balaban J connectivity index is 2.89. The van der Waals surface area contributed by atoms with E-state index in [0.29, 0.717) is 0 Å². The minimum Gasteiger partial charge on any atom is -0.355 e. The highest BCUT2D eigenvalue weighted by Crippen LogP contribution is 2.03. The molecule has 3 nitrogen and oxygen atoms in total. The lowest BCUT2D eigenvalue weighted by atomic mass is 10.1. The Labute approximate surface area is 94.0 Å². The maximum atomic E-state index is 10.5. The van der Waals surface area contributed by atoms with Crippen LogP contribution in [0.2, 0.25) is 0 Å². The molecule has 2 N–H and O–H groups in total. The van der Waals surface area contributed by atoms with Gasteiger partial charge in [-0.15, -0.1) is 0 Å². The van der Waals surface area contributed by atoms with Crippen molar-refractivity contribution in [2.45, 2.75) is 52.4 Å². The lowest BCUT2D eigenvalue weighted by molar-refractivity contribution is -0.118. The number of hydrogen-bond donors (Lipinski definition) is 2. The predicted octanol–water partition coefficient (Wildman–Crippen LogP) is 2.07. The van der Waals surface area contributed by atoms with E-state index in [2.05, 4.69) is 17.6 Å². The number of amides is 1. The van der Waals surface area contributed by atoms with Crippen molar-refractivity contribution in [2.75, 3.05) is 19.6 Å². The van der Waals surface area contributed by atoms with E-state index in [1.165, 1.54) is 38.5 Å². The van der Waals surface area contributed by atoms with Gasteiger partial charge in [-0.1, -0.05) is 39.0 Å². The average Bonchev–Trinajstić information content (AvgIpc) is 2.20. The van der Waals surface area contributed by atoms with Crippen LogP contribution in [0.5, 0.6) is 0 Å². The first kappa shape index (κ1) is 14.4. The third kappa shape index (κ3) is 13.4. The number of rotatable bonds is 10. The molecule has 0 atom stereocenters. The Morgan fingerprint density at radius 3 is 2.27 bits per heavy atom. The van der Waals surface area contributed by atoms with E-state index in [9.17, 15) is 4.79 Å². The number of nitrogens with one attached hydrogen (secondary N) is 2. The fourth-order valence-corrected chi connectivity index (χ4v) is 1.48. The van der Waals surface area contributed by atoms with Crippen molar-refractivity contribution < 1.29 is 4.79 Å². The van der Waals surface area contributed by atoms with Gasteiger partial charge < -0.3 is 10.6 Å². The lowest BCUT2D eigenvalue weighted by Gasteiger charge is -2.05. The molecule has 0 rings (SSSR count). The second-order valence-corrected chi connectivity index (χ2v) is 4.00. The summed E-state index contributed by atoms with van der Waals surface area (Å²) >= 11 is 0. The van der Waals surface area contributed by atoms with Gasteiger partial charge in [0.25, 0.3) is 0 Å². The van der Waals surface area contributed by atoms with Crippen LogP contribution in [-0.4, -0.2) is 25.5 Å². The van der Waals surface area contributed by atoms with Crippen molar-refractivity contribution in [3.8, 4) is 0 Å². The molecule has 3 heteroatoms. The maximum Gasteiger partial charge on any atom is 0.216 e. The summed E-state index contributed by atoms with van der Waals surface area (Å²) < 4.78 is 0. The van der Waals surface area contributed by atoms with Crippen molar-refractivity contribution in [2.24, 2.45) is 0 Å². The molecule has 0 saturated carbocycles. The Kier molecular flexibility index (Phi) is 11.1. The van der Waals surface area contributed by atoms with Crippen LogP contribution in [0.1, 0.15) is 52.4 Å². The molecule has 0 unspecified atom stereocenters. The molecule has 0 fully saturated rings. The molecule has 90 valence electrons. The summed E-state index contributed by atoms with van der Waals surface area (Å²) in [4.78, 5) is 10.5. The second kappa shape index (κ2) is 11.5. The summed E-state index contributed by atoms with van der Waals surface area (Å²) in [7, 11) is 0. The highest BCUT2D eigenvalue weighted by molar-refractivity contribution is 5.72. The maximum absolute atomic E-state index is 10.5. The summed E-state index contributed by atoms with van der Waals surface area (Å²) in [5.41, 5.74) is 0. The molecule has 0 spiro atoms. The van der Waals surface area contributed by atoms with E-state index in [1.54, 1.807) is 6.92 Å². The smallest absolute Gasteiger partial charge is 0.216 e. The van der Waals surface area contributed by atoms with Crippen molar-refractivity contribution in [3.05, 3.63) is 0 Å². The molecule has 0 aliphatic heterocycles. The molecule has 0 aromatic rings. The Hall–Kier alpha value is -0.570. The molecule has 0 aromatic carbocycles. The third-order valence-electron chi connectivity index (χ3n) is 2.38. The van der Waals surface area contributed by atoms with Crippen LogP contribution in [0.25, 0.3) is 0 Å². The van der Waals surface area contributed by atoms with Crippen LogP contribution in [-0.2, 0) is 4.79 Å². The van der Waals surface area contributed by atoms with Gasteiger partial charge in [0.2, 0.25) is 5.91 Å². The van der Waals surface area contributed by atoms with Crippen LogP contribution in [0.4, 0.5) is 0 Å². The van der Waals surface area contributed by atoms with Crippen LogP contribution in [0.3, 0.4) is 0 Å². The van der Waals surface area contributed by atoms with Gasteiger partial charge in [0.05, 0.1) is 0 Å². The normalized spacial score (nSPS) is 10.3. The minimum absolute atomic E-state index is 0.0522. The molecule has 0 aliphatic carbocycles. The second-order valence-electron chi connectivity index (χ2n) is 4.00. The average molecular weight is 214 g/mol. The highest BCUT2D eigenvalue weighted by atomic mass is 16.1. The molecule has 0 saturated heterocycles. The molecular weight excluding hydrogens is 188 g/mol. The van der Waals surface area contributed by atoms with E-state index in [4.69, 9.17) is 0 Å². The van der Waals surface area contributed by atoms with E-state index in [0.717, 1.165) is 19.6 Å². The first-order valence-electron chi connectivity index (χ1n) is 6.22. The van der Waals surface area contributed by atoms with Gasteiger partial charge in [0, 0.05) is 20.0 Å². The zero-order valence-electron chi connectivity index (χ0n) is 10.3. The molecule has 0 radical (unpaired) electrons. The zero-order valence-corrected chi connectivity index (χ0v) is 10.3. The topological polar surface area (TPSA) is 41.1 Å². The van der Waals surface area contributed by atoms with Crippen molar-refractivity contribution in [1.82, 2.24) is 10.6 Å². The summed E-state index contributed by atoms with van der Waals surface area (Å²) in [6.07, 6.45) is 8.01. The largest absolute Gasteiger partial charge is 0.355 e. The van der Waals surface area contributed by atoms with Gasteiger partial charge in [-0.3, -0.25) is 4.79 Å². The number of unbranched alkanes of at least 4 members (excludes halogenated alkanes) is 5. The number of hydrogen-bond acceptors (Lipinski definition) is 2. The summed E-state index contributed by atoms with van der Waals surface area (Å²) in [5, 5.41) is 6.08. The predicted molar refractivity (Wildman–Crippen MR) is 64.9 cm³/mol. The highest BCUT2D eigenvalue weighted by Gasteiger charge is 1.91. The van der Waals surface area contributed by atoms with E-state index in [1.807, 2.05) is 0 Å². The fraction of sp³-hybridized carbons (Fsp3) is 0.917. The standard InChI is InChI=1S/C12H26N2O/c1-3-4-5-6-7-8-9-13-10-11-14-12(2)15/h13H,3-11H2,1-2H3,(H,14,15). The van der Waals surface area contributed by atoms with E-state index < -0.39 is 0 Å². The third-order valence-corrected chi connectivity index (χ3v) is 2.38.